The van der Waals surface area contributed by atoms with E-state index in [1.807, 2.05) is 12.1 Å². The third-order valence-electron chi connectivity index (χ3n) is 4.04. The number of carbonyl (C=O) groups excluding carboxylic acids is 1. The molecule has 1 aliphatic heterocycles. The fourth-order valence-corrected chi connectivity index (χ4v) is 3.07. The number of nitriles is 1. The summed E-state index contributed by atoms with van der Waals surface area (Å²) in [6, 6.07) is 5.92. The minimum absolute atomic E-state index is 0.112. The van der Waals surface area contributed by atoms with Crippen LogP contribution in [0, 0.1) is 11.3 Å². The van der Waals surface area contributed by atoms with Crippen LogP contribution in [0.3, 0.4) is 0 Å². The second-order valence-corrected chi connectivity index (χ2v) is 5.65. The Hall–Kier alpha value is -2.88. The Morgan fingerprint density at radius 3 is 3.22 bits per heavy atom. The first-order valence-corrected chi connectivity index (χ1v) is 7.60. The fraction of sp³-hybridized carbons (Fsp3) is 0.375. The van der Waals surface area contributed by atoms with E-state index in [1.165, 1.54) is 6.92 Å². The van der Waals surface area contributed by atoms with Crippen molar-refractivity contribution in [1.82, 2.24) is 15.2 Å². The van der Waals surface area contributed by atoms with Crippen molar-refractivity contribution >= 4 is 17.3 Å². The number of amides is 1. The van der Waals surface area contributed by atoms with Gasteiger partial charge in [0.15, 0.2) is 5.69 Å². The van der Waals surface area contributed by atoms with Gasteiger partial charge in [0.2, 0.25) is 5.91 Å². The Kier molecular flexibility index (Phi) is 4.24. The van der Waals surface area contributed by atoms with Crippen LogP contribution in [-0.4, -0.2) is 34.2 Å². The minimum Gasteiger partial charge on any atom is -0.369 e. The first-order valence-electron chi connectivity index (χ1n) is 7.60. The smallest absolute Gasteiger partial charge is 0.221 e. The molecular weight excluding hydrogens is 292 g/mol. The maximum absolute atomic E-state index is 11.3. The second-order valence-electron chi connectivity index (χ2n) is 5.65. The van der Waals surface area contributed by atoms with Gasteiger partial charge in [-0.1, -0.05) is 0 Å². The number of aromatic amines is 1. The summed E-state index contributed by atoms with van der Waals surface area (Å²) in [5, 5.41) is 19.1. The van der Waals surface area contributed by atoms with Crippen LogP contribution >= 0.6 is 0 Å². The summed E-state index contributed by atoms with van der Waals surface area (Å²) >= 11 is 0. The highest BCUT2D eigenvalue weighted by atomic mass is 16.1. The van der Waals surface area contributed by atoms with E-state index in [1.54, 1.807) is 12.4 Å². The van der Waals surface area contributed by atoms with Crippen LogP contribution in [0.1, 0.15) is 37.1 Å². The van der Waals surface area contributed by atoms with Crippen LogP contribution in [-0.2, 0) is 4.79 Å². The Balaban J connectivity index is 1.83. The lowest BCUT2D eigenvalue weighted by Crippen LogP contribution is -2.35. The van der Waals surface area contributed by atoms with E-state index in [4.69, 9.17) is 0 Å². The van der Waals surface area contributed by atoms with Crippen molar-refractivity contribution in [1.29, 1.82) is 5.26 Å². The van der Waals surface area contributed by atoms with E-state index in [2.05, 4.69) is 31.5 Å². The fourth-order valence-electron chi connectivity index (χ4n) is 3.07. The molecule has 0 aromatic carbocycles. The first kappa shape index (κ1) is 15.0. The van der Waals surface area contributed by atoms with E-state index in [9.17, 15) is 10.1 Å². The normalized spacial score (nSPS) is 17.6. The summed E-state index contributed by atoms with van der Waals surface area (Å²) in [6.07, 6.45) is 5.28. The van der Waals surface area contributed by atoms with Gasteiger partial charge in [0.05, 0.1) is 23.3 Å². The van der Waals surface area contributed by atoms with Crippen molar-refractivity contribution in [3.05, 3.63) is 35.9 Å². The third-order valence-corrected chi connectivity index (χ3v) is 4.04. The second kappa shape index (κ2) is 6.48. The van der Waals surface area contributed by atoms with Gasteiger partial charge in [0, 0.05) is 32.1 Å². The number of nitrogens with one attached hydrogen (secondary N) is 2. The average Bonchev–Trinajstić information content (AvgIpc) is 3.02. The molecule has 0 bridgehead atoms. The number of hydrogen-bond donors (Lipinski definition) is 2. The van der Waals surface area contributed by atoms with Gasteiger partial charge < -0.3 is 10.2 Å². The van der Waals surface area contributed by atoms with Crippen LogP contribution < -0.4 is 10.2 Å². The van der Waals surface area contributed by atoms with Crippen molar-refractivity contribution < 1.29 is 4.79 Å². The molecule has 0 aliphatic carbocycles. The number of anilines is 2. The van der Waals surface area contributed by atoms with Gasteiger partial charge in [-0.2, -0.15) is 10.4 Å². The van der Waals surface area contributed by atoms with Crippen molar-refractivity contribution in [3.63, 3.8) is 0 Å². The zero-order valence-electron chi connectivity index (χ0n) is 12.9. The lowest BCUT2D eigenvalue weighted by Gasteiger charge is -2.34. The average molecular weight is 310 g/mol. The molecule has 1 atom stereocenters. The molecule has 1 fully saturated rings. The van der Waals surface area contributed by atoms with Crippen LogP contribution in [0.15, 0.2) is 24.5 Å². The highest BCUT2D eigenvalue weighted by molar-refractivity contribution is 5.89. The van der Waals surface area contributed by atoms with Gasteiger partial charge in [0.25, 0.3) is 0 Å². The zero-order valence-corrected chi connectivity index (χ0v) is 12.9. The molecule has 0 radical (unpaired) electrons. The van der Waals surface area contributed by atoms with E-state index in [0.717, 1.165) is 43.0 Å². The number of pyridine rings is 1. The molecule has 1 aliphatic rings. The Morgan fingerprint density at radius 2 is 2.43 bits per heavy atom. The summed E-state index contributed by atoms with van der Waals surface area (Å²) in [7, 11) is 0. The van der Waals surface area contributed by atoms with Gasteiger partial charge in [-0.15, -0.1) is 0 Å². The van der Waals surface area contributed by atoms with Crippen LogP contribution in [0.2, 0.25) is 0 Å². The third kappa shape index (κ3) is 3.16. The molecule has 2 aromatic rings. The summed E-state index contributed by atoms with van der Waals surface area (Å²) in [6.45, 7) is 3.13. The highest BCUT2D eigenvalue weighted by Crippen LogP contribution is 2.33. The van der Waals surface area contributed by atoms with Gasteiger partial charge in [-0.05, 0) is 25.0 Å². The zero-order chi connectivity index (χ0) is 16.2. The Morgan fingerprint density at radius 1 is 1.57 bits per heavy atom. The summed E-state index contributed by atoms with van der Waals surface area (Å²) in [5.74, 6) is 0.110. The van der Waals surface area contributed by atoms with Crippen molar-refractivity contribution in [2.24, 2.45) is 0 Å². The van der Waals surface area contributed by atoms with E-state index >= 15 is 0 Å². The molecule has 1 amide bonds. The van der Waals surface area contributed by atoms with Crippen molar-refractivity contribution in [2.75, 3.05) is 23.3 Å². The molecule has 0 saturated carbocycles. The largest absolute Gasteiger partial charge is 0.369 e. The van der Waals surface area contributed by atoms with E-state index in [-0.39, 0.29) is 11.8 Å². The lowest BCUT2D eigenvalue weighted by molar-refractivity contribution is -0.114. The minimum atomic E-state index is -0.112. The molecule has 2 N–H and O–H groups in total. The maximum atomic E-state index is 11.3. The van der Waals surface area contributed by atoms with Crippen LogP contribution in [0.4, 0.5) is 11.4 Å². The summed E-state index contributed by atoms with van der Waals surface area (Å²) < 4.78 is 0. The van der Waals surface area contributed by atoms with Crippen LogP contribution in [0.25, 0.3) is 0 Å². The van der Waals surface area contributed by atoms with Gasteiger partial charge in [-0.25, -0.2) is 4.98 Å². The molecule has 7 heteroatoms. The molecule has 1 unspecified atom stereocenters. The molecule has 1 saturated heterocycles. The first-order chi connectivity index (χ1) is 11.2. The van der Waals surface area contributed by atoms with E-state index < -0.39 is 0 Å². The topological polar surface area (TPSA) is 97.7 Å². The molecule has 118 valence electrons. The molecule has 23 heavy (non-hydrogen) atoms. The molecule has 7 nitrogen and oxygen atoms in total. The van der Waals surface area contributed by atoms with Gasteiger partial charge in [-0.3, -0.25) is 9.89 Å². The number of rotatable bonds is 3. The summed E-state index contributed by atoms with van der Waals surface area (Å²) in [5.41, 5.74) is 2.98. The lowest BCUT2D eigenvalue weighted by atomic mass is 9.93. The Labute approximate surface area is 134 Å². The van der Waals surface area contributed by atoms with Crippen LogP contribution in [0.5, 0.6) is 0 Å². The number of hydrogen-bond acceptors (Lipinski definition) is 5. The number of nitrogens with zero attached hydrogens (tertiary/aromatic N) is 4. The van der Waals surface area contributed by atoms with Gasteiger partial charge >= 0.3 is 0 Å². The number of carbonyl (C=O) groups is 1. The van der Waals surface area contributed by atoms with E-state index in [0.29, 0.717) is 5.69 Å². The number of H-pyrrole nitrogens is 1. The molecular formula is C16H18N6O. The standard InChI is InChI=1S/C16H18N6O/c1-11(23)20-14-9-19-21-16(14)12-4-3-7-22(10-12)15-5-2-6-18-13(15)8-17/h2,5-6,9,12H,3-4,7,10H2,1H3,(H,19,21)(H,20,23). The van der Waals surface area contributed by atoms with Gasteiger partial charge in [0.1, 0.15) is 6.07 Å². The quantitative estimate of drug-likeness (QED) is 0.904. The SMILES string of the molecule is CC(=O)Nc1cn[nH]c1C1CCCN(c2cccnc2C#N)C1. The predicted molar refractivity (Wildman–Crippen MR) is 86.0 cm³/mol. The number of aromatic nitrogens is 3. The van der Waals surface area contributed by atoms with Crippen molar-refractivity contribution in [2.45, 2.75) is 25.7 Å². The molecule has 3 rings (SSSR count). The molecule has 2 aromatic heterocycles. The predicted octanol–water partition coefficient (Wildman–Crippen LogP) is 2.02. The molecule has 0 spiro atoms. The highest BCUT2D eigenvalue weighted by Gasteiger charge is 2.26. The summed E-state index contributed by atoms with van der Waals surface area (Å²) in [4.78, 5) is 17.6. The monoisotopic (exact) mass is 310 g/mol. The number of piperidine rings is 1. The maximum Gasteiger partial charge on any atom is 0.221 e. The Bertz CT molecular complexity index is 747. The van der Waals surface area contributed by atoms with Crippen molar-refractivity contribution in [3.8, 4) is 6.07 Å². The molecule has 3 heterocycles.